The molecule has 2 aliphatic rings. The van der Waals surface area contributed by atoms with Crippen molar-refractivity contribution in [2.45, 2.75) is 44.6 Å². The minimum Gasteiger partial charge on any atom is -0.367 e. The van der Waals surface area contributed by atoms with Crippen molar-refractivity contribution >= 4 is 11.4 Å². The SMILES string of the molecule is CN1c2ccccc2C(C)(C)C1C=CC(C#N)=CC=C1Nc2ccccc2C1(C)C. The molecule has 0 bridgehead atoms. The Labute approximate surface area is 180 Å². The van der Waals surface area contributed by atoms with Crippen molar-refractivity contribution in [1.29, 1.82) is 5.26 Å². The summed E-state index contributed by atoms with van der Waals surface area (Å²) in [6.07, 6.45) is 8.08. The minimum atomic E-state index is -0.104. The van der Waals surface area contributed by atoms with E-state index >= 15 is 0 Å². The zero-order valence-corrected chi connectivity index (χ0v) is 18.4. The summed E-state index contributed by atoms with van der Waals surface area (Å²) in [5.74, 6) is 0. The third kappa shape index (κ3) is 3.13. The predicted octanol–water partition coefficient (Wildman–Crippen LogP) is 6.08. The molecule has 3 nitrogen and oxygen atoms in total. The topological polar surface area (TPSA) is 39.1 Å². The van der Waals surface area contributed by atoms with Crippen LogP contribution in [0, 0.1) is 11.3 Å². The number of para-hydroxylation sites is 2. The van der Waals surface area contributed by atoms with Gasteiger partial charge in [0, 0.05) is 34.9 Å². The Bertz CT molecular complexity index is 1110. The maximum absolute atomic E-state index is 9.71. The number of nitrogens with zero attached hydrogens (tertiary/aromatic N) is 2. The summed E-state index contributed by atoms with van der Waals surface area (Å²) < 4.78 is 0. The van der Waals surface area contributed by atoms with Gasteiger partial charge in [-0.1, -0.05) is 70.2 Å². The molecule has 2 heterocycles. The van der Waals surface area contributed by atoms with Gasteiger partial charge in [-0.25, -0.2) is 0 Å². The molecule has 4 rings (SSSR count). The molecule has 3 heteroatoms. The number of allylic oxidation sites excluding steroid dienone is 5. The first-order valence-corrected chi connectivity index (χ1v) is 10.5. The Morgan fingerprint density at radius 2 is 1.70 bits per heavy atom. The van der Waals surface area contributed by atoms with Gasteiger partial charge in [0.15, 0.2) is 0 Å². The van der Waals surface area contributed by atoms with Crippen molar-refractivity contribution in [1.82, 2.24) is 0 Å². The highest BCUT2D eigenvalue weighted by Gasteiger charge is 2.41. The Balaban J connectivity index is 1.59. The van der Waals surface area contributed by atoms with Crippen molar-refractivity contribution in [2.75, 3.05) is 17.3 Å². The van der Waals surface area contributed by atoms with Gasteiger partial charge in [0.05, 0.1) is 17.7 Å². The molecule has 30 heavy (non-hydrogen) atoms. The van der Waals surface area contributed by atoms with Crippen LogP contribution >= 0.6 is 0 Å². The number of hydrogen-bond donors (Lipinski definition) is 1. The van der Waals surface area contributed by atoms with Gasteiger partial charge >= 0.3 is 0 Å². The Morgan fingerprint density at radius 1 is 1.03 bits per heavy atom. The van der Waals surface area contributed by atoms with Crippen molar-refractivity contribution in [2.24, 2.45) is 0 Å². The number of nitrogens with one attached hydrogen (secondary N) is 1. The van der Waals surface area contributed by atoms with Crippen LogP contribution in [0.25, 0.3) is 0 Å². The summed E-state index contributed by atoms with van der Waals surface area (Å²) in [6, 6.07) is 19.5. The summed E-state index contributed by atoms with van der Waals surface area (Å²) in [6.45, 7) is 8.95. The predicted molar refractivity (Wildman–Crippen MR) is 126 cm³/mol. The van der Waals surface area contributed by atoms with Gasteiger partial charge in [-0.2, -0.15) is 5.26 Å². The Kier molecular flexibility index (Phi) is 4.82. The Morgan fingerprint density at radius 3 is 2.37 bits per heavy atom. The lowest BCUT2D eigenvalue weighted by Gasteiger charge is -2.29. The molecule has 0 spiro atoms. The van der Waals surface area contributed by atoms with Gasteiger partial charge in [0.1, 0.15) is 0 Å². The molecule has 0 aliphatic carbocycles. The van der Waals surface area contributed by atoms with Crippen molar-refractivity contribution in [3.8, 4) is 6.07 Å². The zero-order chi connectivity index (χ0) is 21.5. The zero-order valence-electron chi connectivity index (χ0n) is 18.4. The lowest BCUT2D eigenvalue weighted by molar-refractivity contribution is 0.488. The van der Waals surface area contributed by atoms with E-state index in [0.29, 0.717) is 5.57 Å². The van der Waals surface area contributed by atoms with Crippen molar-refractivity contribution < 1.29 is 0 Å². The average Bonchev–Trinajstić information content (AvgIpc) is 3.10. The van der Waals surface area contributed by atoms with Crippen LogP contribution in [0.1, 0.15) is 38.8 Å². The number of likely N-dealkylation sites (N-methyl/N-ethyl adjacent to an activating group) is 1. The van der Waals surface area contributed by atoms with E-state index in [-0.39, 0.29) is 16.9 Å². The van der Waals surface area contributed by atoms with Crippen LogP contribution in [0.3, 0.4) is 0 Å². The maximum atomic E-state index is 9.71. The molecule has 1 unspecified atom stereocenters. The van der Waals surface area contributed by atoms with Gasteiger partial charge < -0.3 is 10.2 Å². The summed E-state index contributed by atoms with van der Waals surface area (Å²) in [5.41, 5.74) is 6.67. The van der Waals surface area contributed by atoms with Gasteiger partial charge in [0.25, 0.3) is 0 Å². The molecular formula is C27H29N3. The fourth-order valence-corrected chi connectivity index (χ4v) is 4.82. The molecule has 152 valence electrons. The van der Waals surface area contributed by atoms with Crippen LogP contribution in [-0.2, 0) is 10.8 Å². The Hall–Kier alpha value is -3.25. The van der Waals surface area contributed by atoms with E-state index in [1.165, 1.54) is 16.8 Å². The van der Waals surface area contributed by atoms with E-state index in [1.54, 1.807) is 0 Å². The fourth-order valence-electron chi connectivity index (χ4n) is 4.82. The van der Waals surface area contributed by atoms with Crippen LogP contribution < -0.4 is 10.2 Å². The highest BCUT2D eigenvalue weighted by Crippen LogP contribution is 2.45. The second-order valence-electron chi connectivity index (χ2n) is 9.26. The molecule has 0 aromatic heterocycles. The van der Waals surface area contributed by atoms with E-state index in [1.807, 2.05) is 24.3 Å². The molecule has 2 aliphatic heterocycles. The standard InChI is InChI=1S/C27H29N3/c1-26(2)20-10-6-8-12-22(20)29-24(26)16-14-19(18-28)15-17-25-27(3,4)21-11-7-9-13-23(21)30(25)5/h6-17,25,29H,1-5H3. The van der Waals surface area contributed by atoms with Crippen molar-refractivity contribution in [3.05, 3.63) is 95.2 Å². The number of anilines is 2. The van der Waals surface area contributed by atoms with E-state index in [4.69, 9.17) is 0 Å². The lowest BCUT2D eigenvalue weighted by Crippen LogP contribution is -2.37. The molecule has 0 fully saturated rings. The summed E-state index contributed by atoms with van der Waals surface area (Å²) in [4.78, 5) is 2.30. The first-order chi connectivity index (χ1) is 14.3. The number of fused-ring (bicyclic) bond motifs is 2. The first kappa shape index (κ1) is 20.0. The number of benzene rings is 2. The second-order valence-corrected chi connectivity index (χ2v) is 9.26. The molecule has 2 aromatic rings. The smallest absolute Gasteiger partial charge is 0.0991 e. The number of rotatable bonds is 3. The minimum absolute atomic E-state index is 0.0164. The maximum Gasteiger partial charge on any atom is 0.0991 e. The molecule has 0 saturated carbocycles. The van der Waals surface area contributed by atoms with Crippen molar-refractivity contribution in [3.63, 3.8) is 0 Å². The van der Waals surface area contributed by atoms with Crippen LogP contribution in [0.4, 0.5) is 11.4 Å². The quantitative estimate of drug-likeness (QED) is 0.506. The molecule has 0 radical (unpaired) electrons. The van der Waals surface area contributed by atoms with Crippen LogP contribution in [0.15, 0.2) is 84.1 Å². The normalized spacial score (nSPS) is 22.7. The van der Waals surface area contributed by atoms with Gasteiger partial charge in [-0.15, -0.1) is 0 Å². The van der Waals surface area contributed by atoms with Crippen LogP contribution in [0.5, 0.6) is 0 Å². The van der Waals surface area contributed by atoms with E-state index in [2.05, 4.69) is 99.6 Å². The first-order valence-electron chi connectivity index (χ1n) is 10.5. The largest absolute Gasteiger partial charge is 0.367 e. The third-order valence-corrected chi connectivity index (χ3v) is 6.69. The second kappa shape index (κ2) is 7.22. The van der Waals surface area contributed by atoms with E-state index < -0.39 is 0 Å². The summed E-state index contributed by atoms with van der Waals surface area (Å²) in [7, 11) is 2.13. The monoisotopic (exact) mass is 395 g/mol. The molecule has 0 saturated heterocycles. The number of nitriles is 1. The van der Waals surface area contributed by atoms with E-state index in [0.717, 1.165) is 11.4 Å². The molecule has 0 amide bonds. The summed E-state index contributed by atoms with van der Waals surface area (Å²) in [5, 5.41) is 13.2. The molecule has 1 N–H and O–H groups in total. The highest BCUT2D eigenvalue weighted by molar-refractivity contribution is 5.68. The van der Waals surface area contributed by atoms with Gasteiger partial charge in [-0.3, -0.25) is 0 Å². The summed E-state index contributed by atoms with van der Waals surface area (Å²) >= 11 is 0. The average molecular weight is 396 g/mol. The fraction of sp³-hybridized carbons (Fsp3) is 0.296. The van der Waals surface area contributed by atoms with Crippen LogP contribution in [0.2, 0.25) is 0 Å². The number of hydrogen-bond acceptors (Lipinski definition) is 3. The molecule has 2 aromatic carbocycles. The lowest BCUT2D eigenvalue weighted by atomic mass is 9.80. The van der Waals surface area contributed by atoms with Crippen LogP contribution in [-0.4, -0.2) is 13.1 Å². The highest BCUT2D eigenvalue weighted by atomic mass is 15.2. The van der Waals surface area contributed by atoms with E-state index in [9.17, 15) is 5.26 Å². The molecule has 1 atom stereocenters. The third-order valence-electron chi connectivity index (χ3n) is 6.69. The van der Waals surface area contributed by atoms with Gasteiger partial charge in [0.2, 0.25) is 0 Å². The molecular weight excluding hydrogens is 366 g/mol. The van der Waals surface area contributed by atoms with Gasteiger partial charge in [-0.05, 0) is 41.5 Å².